The molecule has 2 aromatic rings. The molecule has 1 amide bonds. The Hall–Kier alpha value is -1.81. The van der Waals surface area contributed by atoms with Crippen LogP contribution in [0, 0.1) is 13.8 Å². The molecule has 0 saturated heterocycles. The quantitative estimate of drug-likeness (QED) is 0.798. The molecule has 17 heavy (non-hydrogen) atoms. The van der Waals surface area contributed by atoms with Crippen LogP contribution >= 0.6 is 11.3 Å². The van der Waals surface area contributed by atoms with Gasteiger partial charge >= 0.3 is 6.09 Å². The van der Waals surface area contributed by atoms with Crippen molar-refractivity contribution in [2.45, 2.75) is 13.8 Å². The van der Waals surface area contributed by atoms with Crippen LogP contribution in [0.2, 0.25) is 0 Å². The second-order valence-corrected chi connectivity index (χ2v) is 4.65. The summed E-state index contributed by atoms with van der Waals surface area (Å²) in [5.41, 5.74) is 1.97. The van der Waals surface area contributed by atoms with E-state index in [1.165, 1.54) is 10.4 Å². The molecular weight excluding hydrogens is 234 g/mol. The third-order valence-electron chi connectivity index (χ3n) is 1.89. The molecule has 4 heteroatoms. The Morgan fingerprint density at radius 3 is 2.24 bits per heavy atom. The average molecular weight is 249 g/mol. The van der Waals surface area contributed by atoms with Gasteiger partial charge in [-0.05, 0) is 43.0 Å². The molecule has 0 aliphatic heterocycles. The molecule has 0 radical (unpaired) electrons. The van der Waals surface area contributed by atoms with Gasteiger partial charge in [-0.1, -0.05) is 18.2 Å². The summed E-state index contributed by atoms with van der Waals surface area (Å²) in [7, 11) is 0. The number of amides is 1. The number of hydrogen-bond acceptors (Lipinski definition) is 2. The van der Waals surface area contributed by atoms with Gasteiger partial charge in [-0.25, -0.2) is 4.79 Å². The van der Waals surface area contributed by atoms with E-state index >= 15 is 0 Å². The van der Waals surface area contributed by atoms with Crippen LogP contribution in [-0.2, 0) is 0 Å². The lowest BCUT2D eigenvalue weighted by Gasteiger charge is -1.96. The Morgan fingerprint density at radius 2 is 1.88 bits per heavy atom. The summed E-state index contributed by atoms with van der Waals surface area (Å²) in [6.07, 6.45) is -1.04. The number of nitrogens with one attached hydrogen (secondary N) is 1. The molecular formula is C13H15NO2S. The van der Waals surface area contributed by atoms with Crippen LogP contribution in [-0.4, -0.2) is 11.2 Å². The maximum atomic E-state index is 10.1. The van der Waals surface area contributed by atoms with Gasteiger partial charge in [0.2, 0.25) is 0 Å². The summed E-state index contributed by atoms with van der Waals surface area (Å²) in [5.74, 6) is 0. The zero-order valence-corrected chi connectivity index (χ0v) is 10.6. The minimum absolute atomic E-state index is 0.593. The van der Waals surface area contributed by atoms with Crippen LogP contribution in [0.4, 0.5) is 10.5 Å². The first kappa shape index (κ1) is 13.3. The number of carboxylic acid groups (broad SMARTS) is 1. The lowest BCUT2D eigenvalue weighted by Crippen LogP contribution is -2.06. The normalized spacial score (nSPS) is 9.06. The zero-order valence-electron chi connectivity index (χ0n) is 9.81. The fraction of sp³-hybridized carbons (Fsp3) is 0.154. The molecule has 0 aliphatic rings. The second kappa shape index (κ2) is 6.70. The third kappa shape index (κ3) is 5.73. The van der Waals surface area contributed by atoms with Crippen LogP contribution in [0.25, 0.3) is 0 Å². The van der Waals surface area contributed by atoms with Crippen LogP contribution < -0.4 is 5.32 Å². The van der Waals surface area contributed by atoms with E-state index in [0.29, 0.717) is 5.69 Å². The van der Waals surface area contributed by atoms with Gasteiger partial charge in [0.25, 0.3) is 0 Å². The predicted molar refractivity (Wildman–Crippen MR) is 71.9 cm³/mol. The number of anilines is 1. The van der Waals surface area contributed by atoms with Gasteiger partial charge in [-0.15, -0.1) is 11.3 Å². The number of thiophene rings is 1. The van der Waals surface area contributed by atoms with E-state index in [0.717, 1.165) is 0 Å². The summed E-state index contributed by atoms with van der Waals surface area (Å²) in [6.45, 7) is 4.24. The molecule has 0 fully saturated rings. The van der Waals surface area contributed by atoms with Crippen molar-refractivity contribution in [2.24, 2.45) is 0 Å². The highest BCUT2D eigenvalue weighted by atomic mass is 32.1. The predicted octanol–water partition coefficient (Wildman–Crippen LogP) is 4.14. The topological polar surface area (TPSA) is 49.3 Å². The highest BCUT2D eigenvalue weighted by Crippen LogP contribution is 2.10. The smallest absolute Gasteiger partial charge is 0.409 e. The Labute approximate surface area is 105 Å². The molecule has 0 saturated carbocycles. The first-order chi connectivity index (χ1) is 8.08. The maximum absolute atomic E-state index is 10.1. The monoisotopic (exact) mass is 249 g/mol. The Balaban J connectivity index is 0.000000181. The number of hydrogen-bond donors (Lipinski definition) is 2. The van der Waals surface area contributed by atoms with Crippen molar-refractivity contribution >= 4 is 23.1 Å². The van der Waals surface area contributed by atoms with Crippen molar-refractivity contribution in [2.75, 3.05) is 5.32 Å². The molecule has 2 rings (SSSR count). The molecule has 1 aromatic heterocycles. The summed E-state index contributed by atoms with van der Waals surface area (Å²) in [4.78, 5) is 11.5. The molecule has 0 spiro atoms. The van der Waals surface area contributed by atoms with Crippen molar-refractivity contribution in [3.05, 3.63) is 52.2 Å². The Bertz CT molecular complexity index is 449. The zero-order chi connectivity index (χ0) is 12.7. The van der Waals surface area contributed by atoms with E-state index in [2.05, 4.69) is 30.6 Å². The first-order valence-corrected chi connectivity index (χ1v) is 6.02. The molecule has 2 N–H and O–H groups in total. The van der Waals surface area contributed by atoms with Crippen molar-refractivity contribution in [1.29, 1.82) is 0 Å². The largest absolute Gasteiger partial charge is 0.465 e. The van der Waals surface area contributed by atoms with Crippen molar-refractivity contribution in [3.8, 4) is 0 Å². The number of benzene rings is 1. The minimum Gasteiger partial charge on any atom is -0.465 e. The highest BCUT2D eigenvalue weighted by Gasteiger charge is 1.93. The fourth-order valence-corrected chi connectivity index (χ4v) is 1.91. The van der Waals surface area contributed by atoms with E-state index < -0.39 is 6.09 Å². The number of carbonyl (C=O) groups is 1. The number of rotatable bonds is 1. The molecule has 1 heterocycles. The van der Waals surface area contributed by atoms with Gasteiger partial charge in [0.1, 0.15) is 0 Å². The Kier molecular flexibility index (Phi) is 5.23. The molecule has 3 nitrogen and oxygen atoms in total. The fourth-order valence-electron chi connectivity index (χ4n) is 1.22. The SMILES string of the molecule is Cc1csc(C)c1.O=C(O)Nc1ccccc1. The van der Waals surface area contributed by atoms with E-state index in [9.17, 15) is 4.79 Å². The van der Waals surface area contributed by atoms with Gasteiger partial charge in [-0.2, -0.15) is 0 Å². The van der Waals surface area contributed by atoms with Crippen LogP contribution in [0.1, 0.15) is 10.4 Å². The van der Waals surface area contributed by atoms with Crippen LogP contribution in [0.5, 0.6) is 0 Å². The van der Waals surface area contributed by atoms with Gasteiger partial charge < -0.3 is 5.11 Å². The lowest BCUT2D eigenvalue weighted by molar-refractivity contribution is 0.210. The number of para-hydroxylation sites is 1. The maximum Gasteiger partial charge on any atom is 0.409 e. The molecule has 0 bridgehead atoms. The van der Waals surface area contributed by atoms with E-state index in [-0.39, 0.29) is 0 Å². The lowest BCUT2D eigenvalue weighted by atomic mass is 10.3. The van der Waals surface area contributed by atoms with Gasteiger partial charge in [0.15, 0.2) is 0 Å². The van der Waals surface area contributed by atoms with Gasteiger partial charge in [-0.3, -0.25) is 5.32 Å². The van der Waals surface area contributed by atoms with Crippen molar-refractivity contribution in [3.63, 3.8) is 0 Å². The van der Waals surface area contributed by atoms with E-state index in [1.54, 1.807) is 35.6 Å². The minimum atomic E-state index is -1.04. The molecule has 1 aromatic carbocycles. The molecule has 0 aliphatic carbocycles. The second-order valence-electron chi connectivity index (χ2n) is 3.53. The van der Waals surface area contributed by atoms with Crippen molar-refractivity contribution < 1.29 is 9.90 Å². The summed E-state index contributed by atoms with van der Waals surface area (Å²) < 4.78 is 0. The van der Waals surface area contributed by atoms with Crippen LogP contribution in [0.15, 0.2) is 41.8 Å². The highest BCUT2D eigenvalue weighted by molar-refractivity contribution is 7.10. The van der Waals surface area contributed by atoms with Gasteiger partial charge in [0.05, 0.1) is 0 Å². The summed E-state index contributed by atoms with van der Waals surface area (Å²) in [6, 6.07) is 10.9. The van der Waals surface area contributed by atoms with Crippen LogP contribution in [0.3, 0.4) is 0 Å². The Morgan fingerprint density at radius 1 is 1.24 bits per heavy atom. The third-order valence-corrected chi connectivity index (χ3v) is 2.87. The van der Waals surface area contributed by atoms with E-state index in [1.807, 2.05) is 6.07 Å². The molecule has 0 unspecified atom stereocenters. The summed E-state index contributed by atoms with van der Waals surface area (Å²) in [5, 5.41) is 12.6. The summed E-state index contributed by atoms with van der Waals surface area (Å²) >= 11 is 1.80. The number of aryl methyl sites for hydroxylation is 2. The van der Waals surface area contributed by atoms with Crippen molar-refractivity contribution in [1.82, 2.24) is 0 Å². The first-order valence-electron chi connectivity index (χ1n) is 5.14. The standard InChI is InChI=1S/C7H7NO2.C6H8S/c9-7(10)8-6-4-2-1-3-5-6;1-5-3-6(2)7-4-5/h1-5,8H,(H,9,10);3-4H,1-2H3. The van der Waals surface area contributed by atoms with E-state index in [4.69, 9.17) is 5.11 Å². The van der Waals surface area contributed by atoms with Gasteiger partial charge in [0, 0.05) is 10.6 Å². The average Bonchev–Trinajstić information content (AvgIpc) is 2.64. The molecule has 90 valence electrons. The molecule has 0 atom stereocenters.